The third-order valence-corrected chi connectivity index (χ3v) is 2.98. The lowest BCUT2D eigenvalue weighted by Crippen LogP contribution is -2.33. The molecule has 1 aromatic rings. The Morgan fingerprint density at radius 2 is 2.20 bits per heavy atom. The first-order valence-corrected chi connectivity index (χ1v) is 5.43. The predicted octanol–water partition coefficient (Wildman–Crippen LogP) is 0.412. The molecule has 2 rings (SSSR count). The Balaban J connectivity index is 2.09. The summed E-state index contributed by atoms with van der Waals surface area (Å²) in [6, 6.07) is 8.15. The highest BCUT2D eigenvalue weighted by molar-refractivity contribution is 5.25. The molecule has 0 saturated carbocycles. The maximum atomic E-state index is 10.2. The molecule has 0 spiro atoms. The molecule has 3 heteroatoms. The molecule has 0 aliphatic carbocycles. The van der Waals surface area contributed by atoms with Crippen molar-refractivity contribution >= 4 is 0 Å². The van der Waals surface area contributed by atoms with Crippen molar-refractivity contribution in [2.75, 3.05) is 13.1 Å². The Morgan fingerprint density at radius 1 is 1.40 bits per heavy atom. The third kappa shape index (κ3) is 2.56. The summed E-state index contributed by atoms with van der Waals surface area (Å²) in [5, 5.41) is 13.4. The number of nitrogens with two attached hydrogens (primary N) is 1. The fraction of sp³-hybridized carbons (Fsp3) is 0.500. The molecular formula is C12H18N2O. The van der Waals surface area contributed by atoms with Gasteiger partial charge in [0.25, 0.3) is 0 Å². The third-order valence-electron chi connectivity index (χ3n) is 2.98. The highest BCUT2D eigenvalue weighted by atomic mass is 16.3. The second kappa shape index (κ2) is 4.31. The first kappa shape index (κ1) is 10.6. The van der Waals surface area contributed by atoms with Gasteiger partial charge >= 0.3 is 0 Å². The van der Waals surface area contributed by atoms with Crippen LogP contribution in [0.25, 0.3) is 0 Å². The van der Waals surface area contributed by atoms with Gasteiger partial charge in [-0.1, -0.05) is 24.3 Å². The molecule has 1 aliphatic rings. The molecule has 3 nitrogen and oxygen atoms in total. The van der Waals surface area contributed by atoms with Crippen LogP contribution in [0.2, 0.25) is 0 Å². The van der Waals surface area contributed by atoms with Crippen molar-refractivity contribution in [1.82, 2.24) is 5.32 Å². The molecule has 1 saturated heterocycles. The van der Waals surface area contributed by atoms with Gasteiger partial charge < -0.3 is 16.2 Å². The van der Waals surface area contributed by atoms with E-state index in [9.17, 15) is 5.11 Å². The monoisotopic (exact) mass is 206 g/mol. The van der Waals surface area contributed by atoms with Gasteiger partial charge in [0.1, 0.15) is 0 Å². The minimum absolute atomic E-state index is 0.560. The molecule has 0 bridgehead atoms. The van der Waals surface area contributed by atoms with Gasteiger partial charge in [-0.05, 0) is 24.1 Å². The van der Waals surface area contributed by atoms with E-state index in [1.54, 1.807) is 0 Å². The molecule has 1 aromatic carbocycles. The molecule has 1 fully saturated rings. The second-order valence-corrected chi connectivity index (χ2v) is 4.35. The number of benzene rings is 1. The summed E-state index contributed by atoms with van der Waals surface area (Å²) in [6.07, 6.45) is 1.55. The maximum Gasteiger partial charge on any atom is 0.0823 e. The average Bonchev–Trinajstić information content (AvgIpc) is 2.65. The number of β-amino-alcohol motifs (C(OH)–C–C–N with tert-alkyl or cyclic N) is 1. The van der Waals surface area contributed by atoms with E-state index in [1.807, 2.05) is 12.1 Å². The first-order valence-electron chi connectivity index (χ1n) is 5.43. The van der Waals surface area contributed by atoms with E-state index in [0.29, 0.717) is 19.5 Å². The maximum absolute atomic E-state index is 10.2. The van der Waals surface area contributed by atoms with Crippen LogP contribution in [0.15, 0.2) is 24.3 Å². The number of nitrogens with one attached hydrogen (secondary N) is 1. The fourth-order valence-corrected chi connectivity index (χ4v) is 2.13. The molecule has 0 radical (unpaired) electrons. The highest BCUT2D eigenvalue weighted by Gasteiger charge is 2.30. The van der Waals surface area contributed by atoms with Crippen molar-refractivity contribution in [2.24, 2.45) is 5.73 Å². The zero-order chi connectivity index (χ0) is 10.7. The van der Waals surface area contributed by atoms with E-state index >= 15 is 0 Å². The predicted molar refractivity (Wildman–Crippen MR) is 60.5 cm³/mol. The highest BCUT2D eigenvalue weighted by Crippen LogP contribution is 2.20. The van der Waals surface area contributed by atoms with Crippen molar-refractivity contribution in [3.63, 3.8) is 0 Å². The van der Waals surface area contributed by atoms with E-state index in [-0.39, 0.29) is 0 Å². The van der Waals surface area contributed by atoms with Crippen LogP contribution in [0.4, 0.5) is 0 Å². The van der Waals surface area contributed by atoms with E-state index in [2.05, 4.69) is 17.4 Å². The van der Waals surface area contributed by atoms with Gasteiger partial charge in [-0.15, -0.1) is 0 Å². The van der Waals surface area contributed by atoms with Crippen LogP contribution in [0.5, 0.6) is 0 Å². The van der Waals surface area contributed by atoms with Crippen molar-refractivity contribution in [3.8, 4) is 0 Å². The lowest BCUT2D eigenvalue weighted by molar-refractivity contribution is 0.0619. The van der Waals surface area contributed by atoms with E-state index < -0.39 is 5.60 Å². The summed E-state index contributed by atoms with van der Waals surface area (Å²) < 4.78 is 0. The van der Waals surface area contributed by atoms with Gasteiger partial charge in [0.2, 0.25) is 0 Å². The van der Waals surface area contributed by atoms with Crippen LogP contribution in [-0.4, -0.2) is 23.8 Å². The summed E-state index contributed by atoms with van der Waals surface area (Å²) in [7, 11) is 0. The van der Waals surface area contributed by atoms with E-state index in [1.165, 1.54) is 5.56 Å². The normalized spacial score (nSPS) is 25.7. The average molecular weight is 206 g/mol. The molecule has 1 heterocycles. The molecular weight excluding hydrogens is 188 g/mol. The largest absolute Gasteiger partial charge is 0.388 e. The van der Waals surface area contributed by atoms with Crippen LogP contribution in [-0.2, 0) is 13.0 Å². The number of hydrogen-bond donors (Lipinski definition) is 3. The Bertz CT molecular complexity index is 332. The zero-order valence-electron chi connectivity index (χ0n) is 8.87. The molecule has 0 aromatic heterocycles. The van der Waals surface area contributed by atoms with Gasteiger partial charge in [-0.25, -0.2) is 0 Å². The van der Waals surface area contributed by atoms with Gasteiger partial charge in [0.15, 0.2) is 0 Å². The van der Waals surface area contributed by atoms with Gasteiger partial charge in [0, 0.05) is 19.5 Å². The van der Waals surface area contributed by atoms with Crippen LogP contribution in [0.1, 0.15) is 17.5 Å². The summed E-state index contributed by atoms with van der Waals surface area (Å²) in [5.41, 5.74) is 7.32. The second-order valence-electron chi connectivity index (χ2n) is 4.35. The van der Waals surface area contributed by atoms with Crippen LogP contribution in [0, 0.1) is 0 Å². The molecule has 1 aliphatic heterocycles. The minimum Gasteiger partial charge on any atom is -0.388 e. The Morgan fingerprint density at radius 3 is 2.87 bits per heavy atom. The van der Waals surface area contributed by atoms with Crippen molar-refractivity contribution in [2.45, 2.75) is 25.0 Å². The summed E-state index contributed by atoms with van der Waals surface area (Å²) in [6.45, 7) is 2.16. The number of rotatable bonds is 3. The Labute approximate surface area is 90.3 Å². The molecule has 4 N–H and O–H groups in total. The first-order chi connectivity index (χ1) is 7.22. The van der Waals surface area contributed by atoms with E-state index in [4.69, 9.17) is 5.73 Å². The Kier molecular flexibility index (Phi) is 3.05. The SMILES string of the molecule is NCc1cccc(CC2(O)CCNC2)c1. The van der Waals surface area contributed by atoms with Gasteiger partial charge in [-0.3, -0.25) is 0 Å². The van der Waals surface area contributed by atoms with Crippen molar-refractivity contribution < 1.29 is 5.11 Å². The zero-order valence-corrected chi connectivity index (χ0v) is 8.87. The lowest BCUT2D eigenvalue weighted by atomic mass is 9.93. The topological polar surface area (TPSA) is 58.3 Å². The number of hydrogen-bond acceptors (Lipinski definition) is 3. The molecule has 1 unspecified atom stereocenters. The quantitative estimate of drug-likeness (QED) is 0.671. The Hall–Kier alpha value is -0.900. The fourth-order valence-electron chi connectivity index (χ4n) is 2.13. The molecule has 0 amide bonds. The standard InChI is InChI=1S/C12H18N2O/c13-8-11-3-1-2-10(6-11)7-12(15)4-5-14-9-12/h1-3,6,14-15H,4-5,7-9,13H2. The molecule has 1 atom stereocenters. The smallest absolute Gasteiger partial charge is 0.0823 e. The number of aliphatic hydroxyl groups is 1. The van der Waals surface area contributed by atoms with Gasteiger partial charge in [-0.2, -0.15) is 0 Å². The van der Waals surface area contributed by atoms with Crippen LogP contribution >= 0.6 is 0 Å². The minimum atomic E-state index is -0.562. The van der Waals surface area contributed by atoms with Crippen LogP contribution in [0.3, 0.4) is 0 Å². The van der Waals surface area contributed by atoms with Crippen LogP contribution < -0.4 is 11.1 Å². The molecule has 82 valence electrons. The summed E-state index contributed by atoms with van der Waals surface area (Å²) in [4.78, 5) is 0. The molecule has 15 heavy (non-hydrogen) atoms. The summed E-state index contributed by atoms with van der Waals surface area (Å²) >= 11 is 0. The summed E-state index contributed by atoms with van der Waals surface area (Å²) in [5.74, 6) is 0. The van der Waals surface area contributed by atoms with Gasteiger partial charge in [0.05, 0.1) is 5.60 Å². The van der Waals surface area contributed by atoms with E-state index in [0.717, 1.165) is 18.5 Å². The van der Waals surface area contributed by atoms with Crippen molar-refractivity contribution in [3.05, 3.63) is 35.4 Å². The van der Waals surface area contributed by atoms with Crippen molar-refractivity contribution in [1.29, 1.82) is 0 Å². The lowest BCUT2D eigenvalue weighted by Gasteiger charge is -2.21.